The number of hydrogen-bond acceptors (Lipinski definition) is 7. The first-order valence-corrected chi connectivity index (χ1v) is 12.1. The second kappa shape index (κ2) is 10.4. The highest BCUT2D eigenvalue weighted by Gasteiger charge is 2.18. The average Bonchev–Trinajstić information content (AvgIpc) is 3.20. The number of anilines is 1. The maximum atomic E-state index is 12.6. The minimum atomic E-state index is -4.33. The number of hydrogen-bond donors (Lipinski definition) is 2. The van der Waals surface area contributed by atoms with Crippen molar-refractivity contribution < 1.29 is 26.4 Å². The third-order valence-electron chi connectivity index (χ3n) is 5.31. The number of alkyl halides is 2. The lowest BCUT2D eigenvalue weighted by Gasteiger charge is -2.14. The molecule has 2 heterocycles. The van der Waals surface area contributed by atoms with E-state index in [0.29, 0.717) is 28.1 Å². The predicted octanol–water partition coefficient (Wildman–Crippen LogP) is 3.19. The van der Waals surface area contributed by atoms with E-state index in [2.05, 4.69) is 10.1 Å². The number of rotatable bonds is 4. The third-order valence-corrected chi connectivity index (χ3v) is 6.45. The Morgan fingerprint density at radius 2 is 1.64 bits per heavy atom. The Morgan fingerprint density at radius 3 is 2.11 bits per heavy atom. The number of benzene rings is 2. The summed E-state index contributed by atoms with van der Waals surface area (Å²) in [6, 6.07) is 9.26. The molecule has 4 aromatic rings. The molecule has 2 aromatic heterocycles. The summed E-state index contributed by atoms with van der Waals surface area (Å²) in [5, 5.41) is 4.08. The quantitative estimate of drug-likeness (QED) is 0.241. The van der Waals surface area contributed by atoms with Crippen LogP contribution < -0.4 is 16.3 Å². The predicted molar refractivity (Wildman–Crippen MR) is 130 cm³/mol. The number of halogens is 2. The van der Waals surface area contributed by atoms with E-state index in [1.165, 1.54) is 16.8 Å². The van der Waals surface area contributed by atoms with Crippen molar-refractivity contribution >= 4 is 15.9 Å². The zero-order chi connectivity index (χ0) is 26.8. The summed E-state index contributed by atoms with van der Waals surface area (Å²) in [6.07, 6.45) is 2.44. The minimum absolute atomic E-state index is 0.0442. The van der Waals surface area contributed by atoms with Crippen LogP contribution in [0.5, 0.6) is 0 Å². The van der Waals surface area contributed by atoms with Gasteiger partial charge in [-0.05, 0) is 31.9 Å². The smallest absolute Gasteiger partial charge is 0.322 e. The molecule has 0 aliphatic rings. The highest BCUT2D eigenvalue weighted by Crippen LogP contribution is 2.26. The molecule has 0 bridgehead atoms. The van der Waals surface area contributed by atoms with Gasteiger partial charge >= 0.3 is 5.82 Å². The molecule has 0 spiro atoms. The van der Waals surface area contributed by atoms with Crippen molar-refractivity contribution in [3.8, 4) is 22.5 Å². The molecule has 190 valence electrons. The lowest BCUT2D eigenvalue weighted by Crippen LogP contribution is -2.47. The maximum absolute atomic E-state index is 12.6. The van der Waals surface area contributed by atoms with Crippen LogP contribution in [0, 0.1) is 20.8 Å². The highest BCUT2D eigenvalue weighted by atomic mass is 32.2. The number of nitrogens with zero attached hydrogens (tertiary/aromatic N) is 4. The lowest BCUT2D eigenvalue weighted by atomic mass is 10.1. The van der Waals surface area contributed by atoms with E-state index in [0.717, 1.165) is 11.1 Å². The van der Waals surface area contributed by atoms with Gasteiger partial charge in [0.2, 0.25) is 0 Å². The second-order valence-electron chi connectivity index (χ2n) is 8.27. The Morgan fingerprint density at radius 1 is 1.06 bits per heavy atom. The van der Waals surface area contributed by atoms with Crippen LogP contribution >= 0.6 is 0 Å². The Balaban J connectivity index is 0.000000236. The molecule has 0 saturated heterocycles. The minimum Gasteiger partial charge on any atom is -0.744 e. The highest BCUT2D eigenvalue weighted by molar-refractivity contribution is 7.85. The summed E-state index contributed by atoms with van der Waals surface area (Å²) in [4.78, 5) is 4.41. The molecule has 0 atom stereocenters. The topological polar surface area (TPSA) is 144 Å². The SMILES string of the molecule is Cc1cc(C)c(S(=O)(=O)[O-])c(C)c1.Cn1cc(-c2nc(-c3ccc(C(F)F)cc3)c[n+](N)c2N)cn1. The molecule has 9 nitrogen and oxygen atoms in total. The standard InChI is InChI=1S/C15H14F2N6.C9H12O3S/c1-22-7-11(6-20-22)13-15(18)23(19)8-12(21-13)9-2-4-10(5-3-9)14(16)17;1-6-4-7(2)9(8(3)5-6)13(10,11)12/h2-8,14,18H,19H2,1H3;4-5H,1-3H3,(H,10,11,12). The van der Waals surface area contributed by atoms with E-state index in [-0.39, 0.29) is 16.3 Å². The molecule has 4 N–H and O–H groups in total. The van der Waals surface area contributed by atoms with E-state index in [9.17, 15) is 21.8 Å². The summed E-state index contributed by atoms with van der Waals surface area (Å²) < 4.78 is 60.7. The third kappa shape index (κ3) is 6.01. The summed E-state index contributed by atoms with van der Waals surface area (Å²) in [7, 11) is -2.55. The molecule has 36 heavy (non-hydrogen) atoms. The molecule has 0 aliphatic heterocycles. The first-order valence-electron chi connectivity index (χ1n) is 10.7. The van der Waals surface area contributed by atoms with Gasteiger partial charge < -0.3 is 4.55 Å². The molecule has 0 unspecified atom stereocenters. The molecule has 0 radical (unpaired) electrons. The van der Waals surface area contributed by atoms with Crippen molar-refractivity contribution in [2.24, 2.45) is 7.05 Å². The largest absolute Gasteiger partial charge is 0.744 e. The van der Waals surface area contributed by atoms with Gasteiger partial charge in [0, 0.05) is 29.9 Å². The molecule has 0 saturated carbocycles. The van der Waals surface area contributed by atoms with Crippen molar-refractivity contribution in [3.63, 3.8) is 0 Å². The van der Waals surface area contributed by atoms with Gasteiger partial charge in [0.05, 0.1) is 11.1 Å². The zero-order valence-corrected chi connectivity index (χ0v) is 20.9. The Hall–Kier alpha value is -3.90. The van der Waals surface area contributed by atoms with Crippen molar-refractivity contribution in [1.29, 1.82) is 0 Å². The van der Waals surface area contributed by atoms with Gasteiger partial charge in [-0.3, -0.25) is 16.3 Å². The molecular formula is C24H26F2N6O3S. The van der Waals surface area contributed by atoms with Crippen LogP contribution in [-0.4, -0.2) is 27.7 Å². The van der Waals surface area contributed by atoms with Crippen molar-refractivity contribution in [1.82, 2.24) is 14.8 Å². The average molecular weight is 517 g/mol. The Kier molecular flexibility index (Phi) is 7.70. The fraction of sp³-hybridized carbons (Fsp3) is 0.208. The maximum Gasteiger partial charge on any atom is 0.322 e. The fourth-order valence-corrected chi connectivity index (χ4v) is 4.69. The van der Waals surface area contributed by atoms with E-state index in [1.54, 1.807) is 68.4 Å². The summed E-state index contributed by atoms with van der Waals surface area (Å²) in [6.45, 7) is 5.12. The summed E-state index contributed by atoms with van der Waals surface area (Å²) in [5.41, 5.74) is 10.3. The van der Waals surface area contributed by atoms with Crippen LogP contribution in [0.3, 0.4) is 0 Å². The van der Waals surface area contributed by atoms with Crippen molar-refractivity contribution in [2.45, 2.75) is 32.1 Å². The van der Waals surface area contributed by atoms with Gasteiger partial charge in [0.1, 0.15) is 22.0 Å². The van der Waals surface area contributed by atoms with Crippen molar-refractivity contribution in [2.75, 3.05) is 11.6 Å². The monoisotopic (exact) mass is 516 g/mol. The van der Waals surface area contributed by atoms with Crippen LogP contribution in [0.4, 0.5) is 14.6 Å². The molecule has 12 heteroatoms. The molecular weight excluding hydrogens is 490 g/mol. The van der Waals surface area contributed by atoms with Crippen LogP contribution in [0.2, 0.25) is 0 Å². The van der Waals surface area contributed by atoms with E-state index < -0.39 is 16.5 Å². The molecule has 4 rings (SSSR count). The van der Waals surface area contributed by atoms with E-state index in [1.807, 2.05) is 6.92 Å². The molecule has 0 aliphatic carbocycles. The van der Waals surface area contributed by atoms with Crippen LogP contribution in [0.1, 0.15) is 28.7 Å². The van der Waals surface area contributed by atoms with Gasteiger partial charge in [0.25, 0.3) is 6.43 Å². The Labute approximate surface area is 207 Å². The van der Waals surface area contributed by atoms with Gasteiger partial charge in [0.15, 0.2) is 5.69 Å². The zero-order valence-electron chi connectivity index (χ0n) is 20.1. The van der Waals surface area contributed by atoms with Crippen LogP contribution in [0.15, 0.2) is 59.9 Å². The lowest BCUT2D eigenvalue weighted by molar-refractivity contribution is -0.623. The summed E-state index contributed by atoms with van der Waals surface area (Å²) in [5.74, 6) is 6.17. The molecule has 0 fully saturated rings. The van der Waals surface area contributed by atoms with Crippen LogP contribution in [-0.2, 0) is 17.2 Å². The normalized spacial score (nSPS) is 11.3. The van der Waals surface area contributed by atoms with Gasteiger partial charge in [-0.25, -0.2) is 22.2 Å². The van der Waals surface area contributed by atoms with Crippen LogP contribution in [0.25, 0.3) is 22.5 Å². The van der Waals surface area contributed by atoms with E-state index >= 15 is 0 Å². The molecule has 2 aromatic carbocycles. The van der Waals surface area contributed by atoms with E-state index in [4.69, 9.17) is 11.6 Å². The van der Waals surface area contributed by atoms with Gasteiger partial charge in [-0.1, -0.05) is 42.0 Å². The summed E-state index contributed by atoms with van der Waals surface area (Å²) >= 11 is 0. The number of aryl methyl sites for hydroxylation is 4. The second-order valence-corrected chi connectivity index (χ2v) is 9.59. The number of aromatic nitrogens is 4. The van der Waals surface area contributed by atoms with Gasteiger partial charge in [-0.2, -0.15) is 5.10 Å². The van der Waals surface area contributed by atoms with Gasteiger partial charge in [-0.15, -0.1) is 4.68 Å². The fourth-order valence-electron chi connectivity index (χ4n) is 3.79. The molecule has 0 amide bonds. The number of nitrogens with two attached hydrogens (primary N) is 2. The Bertz CT molecular complexity index is 1480. The number of nitrogen functional groups attached to an aromatic ring is 2. The van der Waals surface area contributed by atoms with Crippen molar-refractivity contribution in [3.05, 3.63) is 77.2 Å². The first-order chi connectivity index (χ1) is 16.8. The first kappa shape index (κ1) is 26.7.